The summed E-state index contributed by atoms with van der Waals surface area (Å²) in [5, 5.41) is 9.54. The molecule has 1 heterocycles. The summed E-state index contributed by atoms with van der Waals surface area (Å²) < 4.78 is 0. The summed E-state index contributed by atoms with van der Waals surface area (Å²) in [5.41, 5.74) is -0.574. The molecule has 2 atom stereocenters. The molecule has 5 heteroatoms. The summed E-state index contributed by atoms with van der Waals surface area (Å²) >= 11 is 0. The minimum Gasteiger partial charge on any atom is -0.481 e. The molecule has 0 aromatic rings. The van der Waals surface area contributed by atoms with E-state index in [0.717, 1.165) is 32.4 Å². The second-order valence-electron chi connectivity index (χ2n) is 6.94. The van der Waals surface area contributed by atoms with E-state index >= 15 is 0 Å². The van der Waals surface area contributed by atoms with Gasteiger partial charge in [-0.05, 0) is 37.5 Å². The van der Waals surface area contributed by atoms with Gasteiger partial charge >= 0.3 is 5.97 Å². The van der Waals surface area contributed by atoms with Crippen molar-refractivity contribution >= 4 is 11.9 Å². The van der Waals surface area contributed by atoms with Crippen LogP contribution in [0.2, 0.25) is 0 Å². The van der Waals surface area contributed by atoms with E-state index in [0.29, 0.717) is 19.0 Å². The molecule has 3 aliphatic rings. The largest absolute Gasteiger partial charge is 0.481 e. The van der Waals surface area contributed by atoms with Crippen LogP contribution in [0.4, 0.5) is 0 Å². The van der Waals surface area contributed by atoms with Crippen LogP contribution in [0.3, 0.4) is 0 Å². The fourth-order valence-electron chi connectivity index (χ4n) is 3.96. The van der Waals surface area contributed by atoms with Crippen LogP contribution in [0.5, 0.6) is 0 Å². The molecule has 20 heavy (non-hydrogen) atoms. The molecule has 3 rings (SSSR count). The van der Waals surface area contributed by atoms with Crippen LogP contribution in [-0.4, -0.2) is 60.0 Å². The van der Waals surface area contributed by atoms with E-state index in [1.807, 2.05) is 11.9 Å². The Morgan fingerprint density at radius 3 is 2.70 bits per heavy atom. The van der Waals surface area contributed by atoms with Gasteiger partial charge in [0, 0.05) is 26.7 Å². The molecular formula is C15H24N2O3. The zero-order chi connectivity index (χ0) is 14.3. The Morgan fingerprint density at radius 2 is 2.10 bits per heavy atom. The molecule has 5 nitrogen and oxygen atoms in total. The Morgan fingerprint density at radius 1 is 1.35 bits per heavy atom. The molecule has 0 unspecified atom stereocenters. The lowest BCUT2D eigenvalue weighted by Gasteiger charge is -2.24. The molecule has 1 amide bonds. The van der Waals surface area contributed by atoms with Crippen LogP contribution in [0.25, 0.3) is 0 Å². The van der Waals surface area contributed by atoms with E-state index in [1.54, 1.807) is 0 Å². The van der Waals surface area contributed by atoms with Crippen molar-refractivity contribution < 1.29 is 14.7 Å². The van der Waals surface area contributed by atoms with Gasteiger partial charge in [0.1, 0.15) is 0 Å². The van der Waals surface area contributed by atoms with Crippen LogP contribution < -0.4 is 0 Å². The van der Waals surface area contributed by atoms with Gasteiger partial charge in [-0.15, -0.1) is 0 Å². The van der Waals surface area contributed by atoms with E-state index in [-0.39, 0.29) is 11.8 Å². The lowest BCUT2D eigenvalue weighted by Crippen LogP contribution is -2.40. The highest BCUT2D eigenvalue weighted by Crippen LogP contribution is 2.48. The molecule has 1 aliphatic heterocycles. The van der Waals surface area contributed by atoms with E-state index in [1.165, 1.54) is 12.8 Å². The number of carboxylic acid groups (broad SMARTS) is 1. The number of carbonyl (C=O) groups is 2. The number of carbonyl (C=O) groups excluding carboxylic acids is 1. The molecule has 0 aromatic heterocycles. The Labute approximate surface area is 119 Å². The van der Waals surface area contributed by atoms with Crippen molar-refractivity contribution in [1.82, 2.24) is 9.80 Å². The molecule has 0 spiro atoms. The van der Waals surface area contributed by atoms with E-state index in [2.05, 4.69) is 4.90 Å². The maximum Gasteiger partial charge on any atom is 0.311 e. The first-order valence-electron chi connectivity index (χ1n) is 7.71. The average Bonchev–Trinajstić information content (AvgIpc) is 2.98. The summed E-state index contributed by atoms with van der Waals surface area (Å²) in [6.07, 6.45) is 5.27. The second-order valence-corrected chi connectivity index (χ2v) is 6.94. The van der Waals surface area contributed by atoms with Crippen molar-refractivity contribution in [3.05, 3.63) is 0 Å². The molecule has 2 saturated carbocycles. The van der Waals surface area contributed by atoms with Crippen LogP contribution in [-0.2, 0) is 9.59 Å². The maximum atomic E-state index is 12.2. The maximum absolute atomic E-state index is 12.2. The molecule has 1 N–H and O–H groups in total. The fraction of sp³-hybridized carbons (Fsp3) is 0.867. The Hall–Kier alpha value is -1.10. The number of fused-ring (bicyclic) bond motifs is 1. The van der Waals surface area contributed by atoms with Crippen molar-refractivity contribution in [2.24, 2.45) is 17.3 Å². The van der Waals surface area contributed by atoms with Gasteiger partial charge in [0.05, 0.1) is 12.0 Å². The number of carboxylic acids is 1. The van der Waals surface area contributed by atoms with Crippen molar-refractivity contribution in [2.45, 2.75) is 32.1 Å². The summed E-state index contributed by atoms with van der Waals surface area (Å²) in [6, 6.07) is 0. The molecule has 0 aromatic carbocycles. The minimum absolute atomic E-state index is 0.136. The van der Waals surface area contributed by atoms with Gasteiger partial charge in [0.25, 0.3) is 0 Å². The van der Waals surface area contributed by atoms with Crippen molar-refractivity contribution in [3.8, 4) is 0 Å². The predicted octanol–water partition coefficient (Wildman–Crippen LogP) is 1.04. The zero-order valence-electron chi connectivity index (χ0n) is 12.2. The van der Waals surface area contributed by atoms with Gasteiger partial charge in [-0.2, -0.15) is 0 Å². The number of hydrogen-bond donors (Lipinski definition) is 1. The standard InChI is InChI=1S/C15H24N2O3/c1-16(7-11-4-5-11)13(18)9-17-8-12-3-2-6-15(12,10-17)14(19)20/h11-12H,2-10H2,1H3,(H,19,20)/t12-,15+/m0/s1. The minimum atomic E-state index is -0.665. The lowest BCUT2D eigenvalue weighted by molar-refractivity contribution is -0.149. The molecule has 2 aliphatic carbocycles. The van der Waals surface area contributed by atoms with Crippen molar-refractivity contribution in [1.29, 1.82) is 0 Å². The molecule has 1 saturated heterocycles. The van der Waals surface area contributed by atoms with Gasteiger partial charge in [-0.1, -0.05) is 6.42 Å². The first-order valence-corrected chi connectivity index (χ1v) is 7.71. The Bertz CT molecular complexity index is 421. The molecular weight excluding hydrogens is 256 g/mol. The summed E-state index contributed by atoms with van der Waals surface area (Å²) in [6.45, 7) is 2.57. The van der Waals surface area contributed by atoms with Gasteiger partial charge < -0.3 is 10.0 Å². The summed E-state index contributed by atoms with van der Waals surface area (Å²) in [5.74, 6) is 0.410. The number of likely N-dealkylation sites (tertiary alicyclic amines) is 1. The molecule has 3 fully saturated rings. The van der Waals surface area contributed by atoms with Crippen LogP contribution in [0, 0.1) is 17.3 Å². The zero-order valence-corrected chi connectivity index (χ0v) is 12.2. The highest BCUT2D eigenvalue weighted by molar-refractivity contribution is 5.79. The summed E-state index contributed by atoms with van der Waals surface area (Å²) in [7, 11) is 1.87. The Balaban J connectivity index is 1.57. The van der Waals surface area contributed by atoms with Crippen LogP contribution >= 0.6 is 0 Å². The second kappa shape index (κ2) is 5.02. The van der Waals surface area contributed by atoms with Gasteiger partial charge in [-0.3, -0.25) is 14.5 Å². The third-order valence-electron chi connectivity index (χ3n) is 5.38. The highest BCUT2D eigenvalue weighted by atomic mass is 16.4. The van der Waals surface area contributed by atoms with Crippen molar-refractivity contribution in [2.75, 3.05) is 33.2 Å². The topological polar surface area (TPSA) is 60.9 Å². The van der Waals surface area contributed by atoms with Gasteiger partial charge in [-0.25, -0.2) is 0 Å². The number of nitrogens with zero attached hydrogens (tertiary/aromatic N) is 2. The number of aliphatic carboxylic acids is 1. The first-order chi connectivity index (χ1) is 9.51. The van der Waals surface area contributed by atoms with Gasteiger partial charge in [0.2, 0.25) is 5.91 Å². The summed E-state index contributed by atoms with van der Waals surface area (Å²) in [4.78, 5) is 27.7. The van der Waals surface area contributed by atoms with Gasteiger partial charge in [0.15, 0.2) is 0 Å². The normalized spacial score (nSPS) is 33.1. The van der Waals surface area contributed by atoms with Crippen LogP contribution in [0.1, 0.15) is 32.1 Å². The SMILES string of the molecule is CN(CC1CC1)C(=O)CN1C[C@@H]2CCC[C@@]2(C(=O)O)C1. The number of rotatable bonds is 5. The molecule has 112 valence electrons. The monoisotopic (exact) mass is 280 g/mol. The quantitative estimate of drug-likeness (QED) is 0.817. The fourth-order valence-corrected chi connectivity index (χ4v) is 3.96. The molecule has 0 radical (unpaired) electrons. The smallest absolute Gasteiger partial charge is 0.311 e. The molecule has 0 bridgehead atoms. The number of hydrogen-bond acceptors (Lipinski definition) is 3. The van der Waals surface area contributed by atoms with E-state index < -0.39 is 11.4 Å². The number of likely N-dealkylation sites (N-methyl/N-ethyl adjacent to an activating group) is 1. The predicted molar refractivity (Wildman–Crippen MR) is 74.2 cm³/mol. The first kappa shape index (κ1) is 13.9. The average molecular weight is 280 g/mol. The highest BCUT2D eigenvalue weighted by Gasteiger charge is 2.54. The van der Waals surface area contributed by atoms with E-state index in [9.17, 15) is 14.7 Å². The number of amides is 1. The Kier molecular flexibility index (Phi) is 3.48. The van der Waals surface area contributed by atoms with Crippen LogP contribution in [0.15, 0.2) is 0 Å². The third kappa shape index (κ3) is 2.43. The lowest BCUT2D eigenvalue weighted by atomic mass is 9.81. The van der Waals surface area contributed by atoms with Crippen molar-refractivity contribution in [3.63, 3.8) is 0 Å². The third-order valence-corrected chi connectivity index (χ3v) is 5.38. The van der Waals surface area contributed by atoms with E-state index in [4.69, 9.17) is 0 Å².